The van der Waals surface area contributed by atoms with E-state index < -0.39 is 5.60 Å². The topological polar surface area (TPSA) is 37.3 Å². The number of rotatable bonds is 2. The first-order chi connectivity index (χ1) is 3.42. The van der Waals surface area contributed by atoms with E-state index in [1.165, 1.54) is 6.92 Å². The number of Topliss-reactive ketones (excluding diaryl/α,β-unsaturated/α-hetero) is 1. The third kappa shape index (κ3) is 11.9. The van der Waals surface area contributed by atoms with Crippen LogP contribution < -0.4 is 0 Å². The van der Waals surface area contributed by atoms with Gasteiger partial charge in [-0.25, -0.2) is 0 Å². The molecule has 0 radical (unpaired) electrons. The molecule has 2 nitrogen and oxygen atoms in total. The third-order valence-corrected chi connectivity index (χ3v) is 0.682. The van der Waals surface area contributed by atoms with Gasteiger partial charge in [0.1, 0.15) is 5.78 Å². The van der Waals surface area contributed by atoms with Gasteiger partial charge in [0.2, 0.25) is 0 Å². The Balaban J connectivity index is 0. The third-order valence-electron chi connectivity index (χ3n) is 0.682. The molecule has 0 aliphatic heterocycles. The molecule has 0 saturated heterocycles. The van der Waals surface area contributed by atoms with E-state index in [-0.39, 0.29) is 38.4 Å². The van der Waals surface area contributed by atoms with Crippen molar-refractivity contribution < 1.29 is 36.1 Å². The molecule has 1 N–H and O–H groups in total. The first-order valence-electron chi connectivity index (χ1n) is 2.63. The molecular weight excluding hydrogens is 314 g/mol. The summed E-state index contributed by atoms with van der Waals surface area (Å²) in [4.78, 5) is 10.3. The summed E-state index contributed by atoms with van der Waals surface area (Å²) in [7, 11) is 0. The van der Waals surface area contributed by atoms with E-state index in [0.717, 1.165) is 0 Å². The van der Waals surface area contributed by atoms with Crippen molar-refractivity contribution in [3.05, 3.63) is 0 Å². The minimum atomic E-state index is -0.828. The summed E-state index contributed by atoms with van der Waals surface area (Å²) in [6, 6.07) is 0. The van der Waals surface area contributed by atoms with E-state index in [9.17, 15) is 4.79 Å². The van der Waals surface area contributed by atoms with E-state index in [2.05, 4.69) is 0 Å². The van der Waals surface area contributed by atoms with Crippen molar-refractivity contribution in [3.63, 3.8) is 0 Å². The SMILES string of the molecule is CC(=O)CC(C)(C)O.[AtH]. The van der Waals surface area contributed by atoms with Crippen molar-refractivity contribution in [2.24, 2.45) is 0 Å². The Kier molecular flexibility index (Phi) is 5.90. The average Bonchev–Trinajstić information content (AvgIpc) is 1.21. The Morgan fingerprint density at radius 2 is 1.89 bits per heavy atom. The molecule has 0 rings (SSSR count). The molecule has 0 aliphatic rings. The predicted molar refractivity (Wildman–Crippen MR) is 33.0 cm³/mol. The Morgan fingerprint density at radius 3 is 1.89 bits per heavy atom. The van der Waals surface area contributed by atoms with Gasteiger partial charge in [-0.2, -0.15) is 0 Å². The number of ketones is 1. The van der Waals surface area contributed by atoms with Crippen molar-refractivity contribution in [2.75, 3.05) is 0 Å². The summed E-state index contributed by atoms with van der Waals surface area (Å²) in [6.45, 7) is 4.71. The molecule has 0 heterocycles. The first-order valence-corrected chi connectivity index (χ1v) is 2.63. The van der Waals surface area contributed by atoms with Gasteiger partial charge in [-0.1, -0.05) is 0 Å². The summed E-state index contributed by atoms with van der Waals surface area (Å²) >= 11 is 0. The van der Waals surface area contributed by atoms with Crippen LogP contribution in [0.5, 0.6) is 0 Å². The second kappa shape index (κ2) is 4.35. The molecule has 0 aromatic rings. The van der Waals surface area contributed by atoms with Crippen LogP contribution in [0.3, 0.4) is 0 Å². The van der Waals surface area contributed by atoms with Gasteiger partial charge in [0.25, 0.3) is 0 Å². The van der Waals surface area contributed by atoms with Crippen LogP contribution in [0.4, 0.5) is 0 Å². The fraction of sp³-hybridized carbons (Fsp3) is 0.833. The maximum absolute atomic E-state index is 10.3. The zero-order chi connectivity index (χ0) is 6.78. The first kappa shape index (κ1) is 12.2. The Labute approximate surface area is 74.8 Å². The van der Waals surface area contributed by atoms with Gasteiger partial charge >= 0.3 is 26.2 Å². The molecule has 56 valence electrons. The standard InChI is InChI=1S/C6H12O2.AtH/c1-5(7)4-6(2,3)8;/h8H,4H2,1-3H3;1H. The van der Waals surface area contributed by atoms with Crippen LogP contribution in [-0.2, 0) is 4.79 Å². The molecule has 0 fully saturated rings. The summed E-state index contributed by atoms with van der Waals surface area (Å²) < 4.78 is 0. The molecule has 0 aromatic heterocycles. The fourth-order valence-electron chi connectivity index (χ4n) is 0.609. The zero-order valence-electron chi connectivity index (χ0n) is 5.97. The van der Waals surface area contributed by atoms with Gasteiger partial charge in [0.15, 0.2) is 0 Å². The number of carbonyl (C=O) groups is 1. The van der Waals surface area contributed by atoms with Crippen LogP contribution in [0.1, 0.15) is 27.2 Å². The molecular formula is C6H13AtO2. The summed E-state index contributed by atoms with van der Waals surface area (Å²) in [5, 5.41) is 8.97. The molecule has 0 atom stereocenters. The monoisotopic (exact) mass is 327 g/mol. The van der Waals surface area contributed by atoms with Crippen LogP contribution in [0.2, 0.25) is 0 Å². The number of carbonyl (C=O) groups excluding carboxylic acids is 1. The molecule has 0 unspecified atom stereocenters. The number of hydrogen-bond donors (Lipinski definition) is 1. The van der Waals surface area contributed by atoms with Crippen molar-refractivity contribution >= 4 is 5.78 Å². The van der Waals surface area contributed by atoms with Gasteiger partial charge in [0.05, 0.1) is 5.60 Å². The van der Waals surface area contributed by atoms with Crippen molar-refractivity contribution in [3.8, 4) is 0 Å². The Hall–Kier alpha value is 0.513. The molecule has 3 heteroatoms. The number of hydrogen-bond acceptors (Lipinski definition) is 2. The zero-order valence-corrected chi connectivity index (χ0v) is 9.14. The second-order valence-electron chi connectivity index (χ2n) is 2.69. The average molecular weight is 327 g/mol. The van der Waals surface area contributed by atoms with Crippen LogP contribution >= 0.6 is 0 Å². The van der Waals surface area contributed by atoms with Gasteiger partial charge in [-0.15, -0.1) is 0 Å². The van der Waals surface area contributed by atoms with Gasteiger partial charge < -0.3 is 5.11 Å². The predicted octanol–water partition coefficient (Wildman–Crippen LogP) is 0.469. The molecule has 9 heavy (non-hydrogen) atoms. The molecule has 0 saturated carbocycles. The van der Waals surface area contributed by atoms with Crippen LogP contribution in [0.15, 0.2) is 0 Å². The molecule has 0 bridgehead atoms. The fourth-order valence-corrected chi connectivity index (χ4v) is 0.609. The van der Waals surface area contributed by atoms with E-state index in [4.69, 9.17) is 5.11 Å². The van der Waals surface area contributed by atoms with E-state index in [1.54, 1.807) is 13.8 Å². The van der Waals surface area contributed by atoms with E-state index in [1.807, 2.05) is 0 Å². The van der Waals surface area contributed by atoms with E-state index >= 15 is 0 Å². The second-order valence-corrected chi connectivity index (χ2v) is 2.69. The molecule has 0 aromatic carbocycles. The van der Waals surface area contributed by atoms with Crippen molar-refractivity contribution in [1.82, 2.24) is 0 Å². The molecule has 0 spiro atoms. The summed E-state index contributed by atoms with van der Waals surface area (Å²) in [5.74, 6) is 0.0255. The normalized spacial score (nSPS) is 10.2. The Morgan fingerprint density at radius 1 is 1.56 bits per heavy atom. The van der Waals surface area contributed by atoms with Gasteiger partial charge in [0, 0.05) is 6.42 Å². The molecule has 0 amide bonds. The summed E-state index contributed by atoms with van der Waals surface area (Å²) in [5.41, 5.74) is -0.828. The quantitative estimate of drug-likeness (QED) is 0.801. The van der Waals surface area contributed by atoms with E-state index in [0.29, 0.717) is 0 Å². The minimum absolute atomic E-state index is 0. The summed E-state index contributed by atoms with van der Waals surface area (Å²) in [6.07, 6.45) is 0.243. The number of aliphatic hydroxyl groups is 1. The maximum atomic E-state index is 10.3. The Bertz CT molecular complexity index is 93.7. The molecule has 0 aliphatic carbocycles. The van der Waals surface area contributed by atoms with Crippen LogP contribution in [0, 0.1) is 26.2 Å². The van der Waals surface area contributed by atoms with Crippen LogP contribution in [-0.4, -0.2) is 16.5 Å². The van der Waals surface area contributed by atoms with Crippen molar-refractivity contribution in [1.29, 1.82) is 0 Å². The van der Waals surface area contributed by atoms with Crippen molar-refractivity contribution in [2.45, 2.75) is 32.8 Å². The van der Waals surface area contributed by atoms with Gasteiger partial charge in [-0.05, 0) is 20.8 Å². The van der Waals surface area contributed by atoms with Gasteiger partial charge in [-0.3, -0.25) is 4.79 Å². The van der Waals surface area contributed by atoms with Crippen LogP contribution in [0.25, 0.3) is 0 Å².